The van der Waals surface area contributed by atoms with Crippen molar-refractivity contribution in [2.45, 2.75) is 45.2 Å². The predicted octanol–water partition coefficient (Wildman–Crippen LogP) is 2.58. The summed E-state index contributed by atoms with van der Waals surface area (Å²) in [6.07, 6.45) is 4.43. The van der Waals surface area contributed by atoms with Crippen molar-refractivity contribution in [2.24, 2.45) is 11.8 Å². The molecule has 1 aliphatic carbocycles. The molecule has 0 radical (unpaired) electrons. The normalized spacial score (nSPS) is 25.6. The molecule has 2 atom stereocenters. The zero-order valence-electron chi connectivity index (χ0n) is 14.2. The average molecular weight is 344 g/mol. The summed E-state index contributed by atoms with van der Waals surface area (Å²) in [7, 11) is 0. The smallest absolute Gasteiger partial charge is 0.325 e. The maximum atomic E-state index is 13.1. The van der Waals surface area contributed by atoms with Gasteiger partial charge in [0, 0.05) is 0 Å². The Morgan fingerprint density at radius 2 is 2.08 bits per heavy atom. The summed E-state index contributed by atoms with van der Waals surface area (Å²) in [6, 6.07) is 3.03. The highest BCUT2D eigenvalue weighted by Crippen LogP contribution is 2.42. The Balaban J connectivity index is 1.57. The molecule has 25 heavy (non-hydrogen) atoms. The molecular weight excluding hydrogens is 324 g/mol. The lowest BCUT2D eigenvalue weighted by Crippen LogP contribution is -2.58. The number of urea groups is 1. The number of hydrogen-bond donors (Lipinski definition) is 1. The lowest BCUT2D eigenvalue weighted by atomic mass is 9.67. The van der Waals surface area contributed by atoms with Gasteiger partial charge in [0.1, 0.15) is 12.1 Å². The van der Waals surface area contributed by atoms with Crippen LogP contribution in [0.15, 0.2) is 27.3 Å². The number of nitrogens with zero attached hydrogens (tertiary/aromatic N) is 3. The van der Waals surface area contributed by atoms with Crippen LogP contribution in [0.2, 0.25) is 0 Å². The first-order chi connectivity index (χ1) is 12.0. The van der Waals surface area contributed by atoms with Gasteiger partial charge >= 0.3 is 6.03 Å². The maximum absolute atomic E-state index is 13.1. The van der Waals surface area contributed by atoms with Crippen LogP contribution in [0, 0.1) is 11.8 Å². The first kappa shape index (κ1) is 15.9. The Kier molecular flexibility index (Phi) is 3.63. The Morgan fingerprint density at radius 3 is 2.76 bits per heavy atom. The van der Waals surface area contributed by atoms with Gasteiger partial charge in [0.2, 0.25) is 11.7 Å². The van der Waals surface area contributed by atoms with Gasteiger partial charge in [-0.1, -0.05) is 25.4 Å². The van der Waals surface area contributed by atoms with E-state index in [2.05, 4.69) is 15.5 Å². The van der Waals surface area contributed by atoms with Crippen LogP contribution >= 0.6 is 0 Å². The van der Waals surface area contributed by atoms with E-state index in [1.165, 1.54) is 11.2 Å². The van der Waals surface area contributed by atoms with Gasteiger partial charge in [-0.15, -0.1) is 0 Å². The maximum Gasteiger partial charge on any atom is 0.325 e. The van der Waals surface area contributed by atoms with Crippen LogP contribution in [-0.4, -0.2) is 32.5 Å². The summed E-state index contributed by atoms with van der Waals surface area (Å²) in [6.45, 7) is 4.01. The summed E-state index contributed by atoms with van der Waals surface area (Å²) in [5.74, 6) is 0.954. The van der Waals surface area contributed by atoms with Crippen molar-refractivity contribution in [1.29, 1.82) is 0 Å². The fraction of sp³-hybridized carbons (Fsp3) is 0.529. The predicted molar refractivity (Wildman–Crippen MR) is 86.0 cm³/mol. The van der Waals surface area contributed by atoms with E-state index in [0.29, 0.717) is 11.6 Å². The highest BCUT2D eigenvalue weighted by atomic mass is 16.5. The molecule has 1 saturated heterocycles. The first-order valence-corrected chi connectivity index (χ1v) is 8.53. The molecule has 2 fully saturated rings. The van der Waals surface area contributed by atoms with E-state index in [1.807, 2.05) is 13.8 Å². The number of furan rings is 1. The molecule has 2 aromatic heterocycles. The van der Waals surface area contributed by atoms with Gasteiger partial charge in [0.05, 0.1) is 6.26 Å². The fourth-order valence-corrected chi connectivity index (χ4v) is 4.06. The molecular formula is C17H20N4O4. The number of carbonyl (C=O) groups excluding carboxylic acids is 2. The zero-order chi connectivity index (χ0) is 17.6. The topological polar surface area (TPSA) is 101 Å². The largest absolute Gasteiger partial charge is 0.461 e. The highest BCUT2D eigenvalue weighted by molar-refractivity contribution is 6.07. The third-order valence-electron chi connectivity index (χ3n) is 5.49. The molecule has 1 spiro atoms. The number of hydrogen-bond acceptors (Lipinski definition) is 6. The van der Waals surface area contributed by atoms with E-state index in [9.17, 15) is 9.59 Å². The van der Waals surface area contributed by atoms with E-state index >= 15 is 0 Å². The summed E-state index contributed by atoms with van der Waals surface area (Å²) >= 11 is 0. The van der Waals surface area contributed by atoms with Crippen LogP contribution in [-0.2, 0) is 11.3 Å². The summed E-state index contributed by atoms with van der Waals surface area (Å²) in [4.78, 5) is 31.0. The molecule has 4 rings (SSSR count). The quantitative estimate of drug-likeness (QED) is 0.859. The van der Waals surface area contributed by atoms with Crippen LogP contribution in [0.25, 0.3) is 11.6 Å². The van der Waals surface area contributed by atoms with E-state index < -0.39 is 11.6 Å². The summed E-state index contributed by atoms with van der Waals surface area (Å²) < 4.78 is 10.4. The van der Waals surface area contributed by atoms with Crippen LogP contribution in [0.1, 0.15) is 39.0 Å². The first-order valence-electron chi connectivity index (χ1n) is 8.53. The van der Waals surface area contributed by atoms with Gasteiger partial charge in [-0.05, 0) is 36.8 Å². The van der Waals surface area contributed by atoms with Crippen molar-refractivity contribution in [3.8, 4) is 11.6 Å². The lowest BCUT2D eigenvalue weighted by molar-refractivity contribution is -0.137. The highest BCUT2D eigenvalue weighted by Gasteiger charge is 2.58. The van der Waals surface area contributed by atoms with Crippen LogP contribution in [0.3, 0.4) is 0 Å². The van der Waals surface area contributed by atoms with Gasteiger partial charge in [0.15, 0.2) is 5.76 Å². The van der Waals surface area contributed by atoms with Gasteiger partial charge in [0.25, 0.3) is 5.91 Å². The summed E-state index contributed by atoms with van der Waals surface area (Å²) in [5.41, 5.74) is -0.820. The molecule has 132 valence electrons. The average Bonchev–Trinajstić information content (AvgIpc) is 3.29. The Hall–Kier alpha value is -2.64. The second-order valence-electron chi connectivity index (χ2n) is 6.91. The summed E-state index contributed by atoms with van der Waals surface area (Å²) in [5, 5.41) is 6.79. The number of carbonyl (C=O) groups is 2. The van der Waals surface area contributed by atoms with Crippen LogP contribution < -0.4 is 5.32 Å². The van der Waals surface area contributed by atoms with E-state index in [4.69, 9.17) is 8.94 Å². The molecule has 3 heterocycles. The number of aromatic nitrogens is 2. The minimum absolute atomic E-state index is 0.0421. The molecule has 3 amide bonds. The van der Waals surface area contributed by atoms with E-state index in [1.54, 1.807) is 12.1 Å². The number of imide groups is 1. The Bertz CT molecular complexity index is 787. The third-order valence-corrected chi connectivity index (χ3v) is 5.49. The lowest BCUT2D eigenvalue weighted by Gasteiger charge is -2.42. The molecule has 1 aliphatic heterocycles. The molecule has 1 N–H and O–H groups in total. The molecule has 8 nitrogen and oxygen atoms in total. The molecule has 0 aromatic carbocycles. The third kappa shape index (κ3) is 2.35. The molecule has 2 aromatic rings. The zero-order valence-corrected chi connectivity index (χ0v) is 14.2. The van der Waals surface area contributed by atoms with Crippen molar-refractivity contribution < 1.29 is 18.5 Å². The molecule has 0 bridgehead atoms. The molecule has 8 heteroatoms. The molecule has 0 unspecified atom stereocenters. The van der Waals surface area contributed by atoms with Crippen LogP contribution in [0.4, 0.5) is 4.79 Å². The van der Waals surface area contributed by atoms with Crippen molar-refractivity contribution in [3.63, 3.8) is 0 Å². The van der Waals surface area contributed by atoms with Gasteiger partial charge in [-0.3, -0.25) is 9.69 Å². The second-order valence-corrected chi connectivity index (χ2v) is 6.91. The minimum Gasteiger partial charge on any atom is -0.461 e. The minimum atomic E-state index is -0.820. The van der Waals surface area contributed by atoms with Crippen molar-refractivity contribution in [1.82, 2.24) is 20.4 Å². The second kappa shape index (κ2) is 5.72. The van der Waals surface area contributed by atoms with Crippen molar-refractivity contribution >= 4 is 11.9 Å². The standard InChI is InChI=1S/C17H20N4O4/c1-10-5-3-6-11(2)17(10)15(22)21(16(23)19-17)9-13-18-14(20-25-13)12-7-4-8-24-12/h4,7-8,10-11H,3,5-6,9H2,1-2H3,(H,19,23)/t10-,11-/m0/s1. The fourth-order valence-electron chi connectivity index (χ4n) is 4.06. The van der Waals surface area contributed by atoms with Gasteiger partial charge < -0.3 is 14.3 Å². The van der Waals surface area contributed by atoms with Crippen molar-refractivity contribution in [3.05, 3.63) is 24.3 Å². The SMILES string of the molecule is C[C@H]1CCC[C@H](C)C12NC(=O)N(Cc1nc(-c3ccco3)no1)C2=O. The molecule has 2 aliphatic rings. The van der Waals surface area contributed by atoms with Crippen molar-refractivity contribution in [2.75, 3.05) is 0 Å². The van der Waals surface area contributed by atoms with Crippen LogP contribution in [0.5, 0.6) is 0 Å². The molecule has 1 saturated carbocycles. The Morgan fingerprint density at radius 1 is 1.32 bits per heavy atom. The number of amides is 3. The monoisotopic (exact) mass is 344 g/mol. The van der Waals surface area contributed by atoms with Gasteiger partial charge in [-0.2, -0.15) is 4.98 Å². The van der Waals surface area contributed by atoms with Gasteiger partial charge in [-0.25, -0.2) is 4.79 Å². The van der Waals surface area contributed by atoms with E-state index in [-0.39, 0.29) is 30.2 Å². The number of nitrogens with one attached hydrogen (secondary N) is 1. The Labute approximate surface area is 144 Å². The van der Waals surface area contributed by atoms with E-state index in [0.717, 1.165) is 19.3 Å². The number of rotatable bonds is 3.